The first-order valence-corrected chi connectivity index (χ1v) is 8.37. The zero-order valence-electron chi connectivity index (χ0n) is 14.6. The minimum absolute atomic E-state index is 0.0141. The minimum atomic E-state index is -0.689. The molecule has 1 aromatic heterocycles. The summed E-state index contributed by atoms with van der Waals surface area (Å²) < 4.78 is 33.6. The number of halogens is 3. The van der Waals surface area contributed by atoms with Crippen LogP contribution in [0.3, 0.4) is 0 Å². The fraction of sp³-hybridized carbons (Fsp3) is 0.158. The quantitative estimate of drug-likeness (QED) is 0.705. The van der Waals surface area contributed by atoms with Crippen LogP contribution in [0.1, 0.15) is 11.1 Å². The molecule has 0 aliphatic carbocycles. The van der Waals surface area contributed by atoms with E-state index in [1.165, 1.54) is 30.0 Å². The maximum atomic E-state index is 13.5. The van der Waals surface area contributed by atoms with Gasteiger partial charge in [-0.05, 0) is 42.3 Å². The largest absolute Gasteiger partial charge is 0.490 e. The van der Waals surface area contributed by atoms with E-state index in [1.807, 2.05) is 13.0 Å². The number of aryl methyl sites for hydroxylation is 1. The van der Waals surface area contributed by atoms with E-state index in [1.54, 1.807) is 12.1 Å². The summed E-state index contributed by atoms with van der Waals surface area (Å²) in [6, 6.07) is 8.47. The average molecular weight is 392 g/mol. The molecule has 2 aromatic carbocycles. The maximum absolute atomic E-state index is 13.5. The molecule has 140 valence electrons. The standard InChI is InChI=1S/C19H16ClF2N3O2/c1-11-3-4-13(20)7-16(11)23-19-24-18(26)17(27-2)10-25(19)9-12-5-14(21)8-15(22)6-12/h3-8,10H,9H2,1-2H3,(H,23,24,26). The molecular formula is C19H16ClF2N3O2. The minimum Gasteiger partial charge on any atom is -0.490 e. The van der Waals surface area contributed by atoms with Crippen molar-refractivity contribution < 1.29 is 13.5 Å². The molecule has 1 heterocycles. The molecule has 0 saturated carbocycles. The Kier molecular flexibility index (Phi) is 5.41. The predicted octanol–water partition coefficient (Wildman–Crippen LogP) is 4.28. The number of nitrogens with zero attached hydrogens (tertiary/aromatic N) is 2. The number of hydrogen-bond acceptors (Lipinski definition) is 4. The Morgan fingerprint density at radius 3 is 2.56 bits per heavy atom. The van der Waals surface area contributed by atoms with E-state index in [9.17, 15) is 13.6 Å². The molecule has 0 fully saturated rings. The number of methoxy groups -OCH3 is 1. The van der Waals surface area contributed by atoms with Crippen LogP contribution in [0.15, 0.2) is 47.4 Å². The van der Waals surface area contributed by atoms with Crippen LogP contribution in [0.5, 0.6) is 5.75 Å². The zero-order valence-corrected chi connectivity index (χ0v) is 15.3. The maximum Gasteiger partial charge on any atom is 0.316 e. The molecular weight excluding hydrogens is 376 g/mol. The number of hydrogen-bond donors (Lipinski definition) is 1. The van der Waals surface area contributed by atoms with Crippen LogP contribution in [0, 0.1) is 18.6 Å². The highest BCUT2D eigenvalue weighted by atomic mass is 35.5. The lowest BCUT2D eigenvalue weighted by molar-refractivity contribution is 0.402. The highest BCUT2D eigenvalue weighted by Crippen LogP contribution is 2.24. The van der Waals surface area contributed by atoms with Crippen molar-refractivity contribution in [1.29, 1.82) is 0 Å². The third-order valence-electron chi connectivity index (χ3n) is 3.90. The molecule has 5 nitrogen and oxygen atoms in total. The predicted molar refractivity (Wildman–Crippen MR) is 100.0 cm³/mol. The van der Waals surface area contributed by atoms with Gasteiger partial charge in [-0.2, -0.15) is 4.98 Å². The van der Waals surface area contributed by atoms with Gasteiger partial charge in [0, 0.05) is 16.8 Å². The van der Waals surface area contributed by atoms with Crippen LogP contribution in [0.25, 0.3) is 0 Å². The smallest absolute Gasteiger partial charge is 0.316 e. The van der Waals surface area contributed by atoms with Crippen molar-refractivity contribution in [2.45, 2.75) is 13.5 Å². The third kappa shape index (κ3) is 4.43. The first kappa shape index (κ1) is 18.8. The number of benzene rings is 2. The van der Waals surface area contributed by atoms with Crippen LogP contribution in [0.4, 0.5) is 20.4 Å². The lowest BCUT2D eigenvalue weighted by Crippen LogP contribution is -2.19. The molecule has 0 bridgehead atoms. The second-order valence-electron chi connectivity index (χ2n) is 5.93. The summed E-state index contributed by atoms with van der Waals surface area (Å²) in [5.41, 5.74) is 1.33. The first-order valence-electron chi connectivity index (χ1n) is 7.99. The Morgan fingerprint density at radius 1 is 1.19 bits per heavy atom. The van der Waals surface area contributed by atoms with E-state index in [4.69, 9.17) is 16.3 Å². The molecule has 0 saturated heterocycles. The van der Waals surface area contributed by atoms with Crippen LogP contribution in [0.2, 0.25) is 5.02 Å². The van der Waals surface area contributed by atoms with Crippen molar-refractivity contribution in [2.75, 3.05) is 12.4 Å². The van der Waals surface area contributed by atoms with Gasteiger partial charge in [0.05, 0.1) is 19.9 Å². The van der Waals surface area contributed by atoms with Gasteiger partial charge in [-0.3, -0.25) is 4.79 Å². The Balaban J connectivity index is 2.05. The lowest BCUT2D eigenvalue weighted by Gasteiger charge is -2.16. The van der Waals surface area contributed by atoms with Crippen molar-refractivity contribution in [3.05, 3.63) is 80.7 Å². The molecule has 0 radical (unpaired) electrons. The van der Waals surface area contributed by atoms with Crippen molar-refractivity contribution in [3.63, 3.8) is 0 Å². The summed E-state index contributed by atoms with van der Waals surface area (Å²) in [6.07, 6.45) is 1.43. The van der Waals surface area contributed by atoms with Crippen LogP contribution in [-0.4, -0.2) is 16.7 Å². The SMILES string of the molecule is COc1cn(Cc2cc(F)cc(F)c2)c(Nc2cc(Cl)ccc2C)nc1=O. The second-order valence-corrected chi connectivity index (χ2v) is 6.36. The topological polar surface area (TPSA) is 56.1 Å². The van der Waals surface area contributed by atoms with Crippen LogP contribution >= 0.6 is 11.6 Å². The van der Waals surface area contributed by atoms with E-state index < -0.39 is 17.2 Å². The third-order valence-corrected chi connectivity index (χ3v) is 4.14. The van der Waals surface area contributed by atoms with Crippen molar-refractivity contribution in [3.8, 4) is 5.75 Å². The Bertz CT molecular complexity index is 1030. The van der Waals surface area contributed by atoms with Gasteiger partial charge < -0.3 is 14.6 Å². The first-order chi connectivity index (χ1) is 12.9. The summed E-state index contributed by atoms with van der Waals surface area (Å²) in [6.45, 7) is 1.94. The van der Waals surface area contributed by atoms with E-state index in [2.05, 4.69) is 10.3 Å². The molecule has 0 spiro atoms. The van der Waals surface area contributed by atoms with Gasteiger partial charge in [0.2, 0.25) is 11.7 Å². The van der Waals surface area contributed by atoms with Gasteiger partial charge in [0.1, 0.15) is 11.6 Å². The van der Waals surface area contributed by atoms with Crippen molar-refractivity contribution in [2.24, 2.45) is 0 Å². The van der Waals surface area contributed by atoms with Gasteiger partial charge in [-0.25, -0.2) is 8.78 Å². The molecule has 0 aliphatic rings. The average Bonchev–Trinajstić information content (AvgIpc) is 2.59. The van der Waals surface area contributed by atoms with Crippen LogP contribution in [-0.2, 0) is 6.54 Å². The number of nitrogens with one attached hydrogen (secondary N) is 1. The van der Waals surface area contributed by atoms with Gasteiger partial charge in [0.25, 0.3) is 0 Å². The normalized spacial score (nSPS) is 10.7. The number of aromatic nitrogens is 2. The highest BCUT2D eigenvalue weighted by molar-refractivity contribution is 6.30. The summed E-state index contributed by atoms with van der Waals surface area (Å²) in [5, 5.41) is 3.56. The molecule has 3 aromatic rings. The van der Waals surface area contributed by atoms with E-state index in [0.29, 0.717) is 16.3 Å². The fourth-order valence-corrected chi connectivity index (χ4v) is 2.75. The van der Waals surface area contributed by atoms with Gasteiger partial charge in [-0.1, -0.05) is 17.7 Å². The number of anilines is 2. The molecule has 0 aliphatic heterocycles. The molecule has 27 heavy (non-hydrogen) atoms. The summed E-state index contributed by atoms with van der Waals surface area (Å²) in [7, 11) is 1.35. The number of rotatable bonds is 5. The fourth-order valence-electron chi connectivity index (χ4n) is 2.58. The van der Waals surface area contributed by atoms with E-state index in [0.717, 1.165) is 11.6 Å². The van der Waals surface area contributed by atoms with E-state index in [-0.39, 0.29) is 18.2 Å². The summed E-state index contributed by atoms with van der Waals surface area (Å²) in [4.78, 5) is 16.1. The Hall–Kier alpha value is -2.93. The Labute approximate surface area is 159 Å². The summed E-state index contributed by atoms with van der Waals surface area (Å²) >= 11 is 6.03. The molecule has 0 unspecified atom stereocenters. The number of ether oxygens (including phenoxy) is 1. The second kappa shape index (κ2) is 7.75. The van der Waals surface area contributed by atoms with Crippen LogP contribution < -0.4 is 15.6 Å². The molecule has 1 N–H and O–H groups in total. The van der Waals surface area contributed by atoms with Crippen molar-refractivity contribution in [1.82, 2.24) is 9.55 Å². The Morgan fingerprint density at radius 2 is 1.89 bits per heavy atom. The van der Waals surface area contributed by atoms with Gasteiger partial charge >= 0.3 is 5.56 Å². The lowest BCUT2D eigenvalue weighted by atomic mass is 10.2. The molecule has 8 heteroatoms. The molecule has 0 atom stereocenters. The van der Waals surface area contributed by atoms with Gasteiger partial charge in [-0.15, -0.1) is 0 Å². The van der Waals surface area contributed by atoms with E-state index >= 15 is 0 Å². The zero-order chi connectivity index (χ0) is 19.6. The molecule has 0 amide bonds. The summed E-state index contributed by atoms with van der Waals surface area (Å²) in [5.74, 6) is -1.17. The van der Waals surface area contributed by atoms with Crippen molar-refractivity contribution >= 4 is 23.2 Å². The molecule has 3 rings (SSSR count). The van der Waals surface area contributed by atoms with Gasteiger partial charge in [0.15, 0.2) is 0 Å². The highest BCUT2D eigenvalue weighted by Gasteiger charge is 2.12. The monoisotopic (exact) mass is 391 g/mol.